The highest BCUT2D eigenvalue weighted by atomic mass is 16.5. The lowest BCUT2D eigenvalue weighted by Crippen LogP contribution is -2.25. The average Bonchev–Trinajstić information content (AvgIpc) is 3.45. The van der Waals surface area contributed by atoms with Crippen molar-refractivity contribution in [3.8, 4) is 17.2 Å². The molecule has 0 aliphatic heterocycles. The summed E-state index contributed by atoms with van der Waals surface area (Å²) in [6, 6.07) is 37.4. The number of carbonyl (C=O) groups is 2. The Morgan fingerprint density at radius 2 is 1.39 bits per heavy atom. The summed E-state index contributed by atoms with van der Waals surface area (Å²) in [4.78, 5) is 28.7. The van der Waals surface area contributed by atoms with Crippen molar-refractivity contribution in [2.45, 2.75) is 13.5 Å². The number of aromatic nitrogens is 1. The summed E-state index contributed by atoms with van der Waals surface area (Å²) in [5, 5.41) is 11.0. The number of carboxylic acid groups (broad SMARTS) is 1. The Labute approximate surface area is 255 Å². The van der Waals surface area contributed by atoms with E-state index in [9.17, 15) is 14.7 Å². The molecule has 0 atom stereocenters. The van der Waals surface area contributed by atoms with Crippen LogP contribution in [-0.4, -0.2) is 28.7 Å². The minimum absolute atomic E-state index is 0.00654. The number of carboxylic acids is 1. The first-order chi connectivity index (χ1) is 21.4. The molecular weight excluding hydrogens is 552 g/mol. The lowest BCUT2D eigenvalue weighted by atomic mass is 10.1. The number of rotatable bonds is 9. The van der Waals surface area contributed by atoms with Crippen LogP contribution in [0.4, 0.5) is 11.4 Å². The summed E-state index contributed by atoms with van der Waals surface area (Å²) in [6.45, 7) is 2.24. The van der Waals surface area contributed by atoms with Gasteiger partial charge in [-0.05, 0) is 42.8 Å². The summed E-state index contributed by atoms with van der Waals surface area (Å²) in [6.07, 6.45) is 1.70. The minimum atomic E-state index is -1.14. The summed E-state index contributed by atoms with van der Waals surface area (Å²) in [5.41, 5.74) is 4.90. The molecule has 1 aromatic heterocycles. The first-order valence-electron chi connectivity index (χ1n) is 14.1. The number of aryl methyl sites for hydroxylation is 1. The number of ether oxygens (including phenoxy) is 2. The van der Waals surface area contributed by atoms with Crippen LogP contribution in [0.15, 0.2) is 128 Å². The van der Waals surface area contributed by atoms with Gasteiger partial charge in [0.1, 0.15) is 6.61 Å². The highest BCUT2D eigenvalue weighted by Crippen LogP contribution is 2.37. The molecule has 0 spiro atoms. The van der Waals surface area contributed by atoms with E-state index in [1.54, 1.807) is 21.7 Å². The summed E-state index contributed by atoms with van der Waals surface area (Å²) >= 11 is 0. The van der Waals surface area contributed by atoms with Gasteiger partial charge in [-0.25, -0.2) is 4.79 Å². The maximum atomic E-state index is 14.5. The van der Waals surface area contributed by atoms with E-state index < -0.39 is 5.97 Å². The van der Waals surface area contributed by atoms with Gasteiger partial charge in [0, 0.05) is 35.1 Å². The number of amides is 1. The third kappa shape index (κ3) is 5.51. The number of anilines is 2. The van der Waals surface area contributed by atoms with Crippen molar-refractivity contribution in [1.82, 2.24) is 4.57 Å². The highest BCUT2D eigenvalue weighted by molar-refractivity contribution is 6.17. The van der Waals surface area contributed by atoms with Gasteiger partial charge in [0.25, 0.3) is 5.91 Å². The van der Waals surface area contributed by atoms with Crippen LogP contribution in [-0.2, 0) is 6.61 Å². The normalized spacial score (nSPS) is 10.9. The van der Waals surface area contributed by atoms with E-state index in [4.69, 9.17) is 9.47 Å². The van der Waals surface area contributed by atoms with E-state index in [2.05, 4.69) is 0 Å². The zero-order valence-electron chi connectivity index (χ0n) is 24.3. The monoisotopic (exact) mass is 582 g/mol. The van der Waals surface area contributed by atoms with E-state index in [1.807, 2.05) is 116 Å². The predicted molar refractivity (Wildman–Crippen MR) is 172 cm³/mol. The molecule has 6 aromatic rings. The van der Waals surface area contributed by atoms with Gasteiger partial charge in [0.2, 0.25) is 0 Å². The van der Waals surface area contributed by atoms with Gasteiger partial charge in [0.15, 0.2) is 11.5 Å². The Morgan fingerprint density at radius 1 is 0.750 bits per heavy atom. The SMILES string of the molecule is COc1cc(-n2cc(C(=O)N(c3ccccc3)c3ccc(C)cc3)c3ccccc32)c(C(=O)O)cc1OCc1ccccc1. The topological polar surface area (TPSA) is 81.0 Å². The summed E-state index contributed by atoms with van der Waals surface area (Å²) in [5.74, 6) is -0.706. The molecule has 0 aliphatic carbocycles. The smallest absolute Gasteiger partial charge is 0.337 e. The summed E-state index contributed by atoms with van der Waals surface area (Å²) < 4.78 is 13.4. The molecule has 44 heavy (non-hydrogen) atoms. The molecule has 5 aromatic carbocycles. The van der Waals surface area contributed by atoms with Crippen molar-refractivity contribution in [2.24, 2.45) is 0 Å². The third-order valence-electron chi connectivity index (χ3n) is 7.46. The number of hydrogen-bond donors (Lipinski definition) is 1. The molecule has 218 valence electrons. The molecule has 1 amide bonds. The van der Waals surface area contributed by atoms with E-state index in [0.29, 0.717) is 39.3 Å². The Kier molecular flexibility index (Phi) is 7.84. The first kappa shape index (κ1) is 28.3. The average molecular weight is 583 g/mol. The minimum Gasteiger partial charge on any atom is -0.493 e. The number of benzene rings is 5. The second-order valence-corrected chi connectivity index (χ2v) is 10.3. The number of carbonyl (C=O) groups excluding carboxylic acids is 1. The zero-order valence-corrected chi connectivity index (χ0v) is 24.3. The van der Waals surface area contributed by atoms with Crippen LogP contribution in [0.1, 0.15) is 31.8 Å². The predicted octanol–water partition coefficient (Wildman–Crippen LogP) is 8.20. The second-order valence-electron chi connectivity index (χ2n) is 10.3. The van der Waals surface area contributed by atoms with Crippen LogP contribution >= 0.6 is 0 Å². The summed E-state index contributed by atoms with van der Waals surface area (Å²) in [7, 11) is 1.51. The van der Waals surface area contributed by atoms with E-state index >= 15 is 0 Å². The fourth-order valence-corrected chi connectivity index (χ4v) is 5.25. The lowest BCUT2D eigenvalue weighted by Gasteiger charge is -2.23. The molecule has 0 saturated heterocycles. The molecule has 0 bridgehead atoms. The Bertz CT molecular complexity index is 1950. The van der Waals surface area contributed by atoms with Crippen molar-refractivity contribution in [1.29, 1.82) is 0 Å². The van der Waals surface area contributed by atoms with Crippen LogP contribution in [0.2, 0.25) is 0 Å². The van der Waals surface area contributed by atoms with Gasteiger partial charge in [-0.1, -0.05) is 84.4 Å². The molecule has 0 aliphatic rings. The maximum absolute atomic E-state index is 14.5. The van der Waals surface area contributed by atoms with Crippen LogP contribution < -0.4 is 14.4 Å². The largest absolute Gasteiger partial charge is 0.493 e. The third-order valence-corrected chi connectivity index (χ3v) is 7.46. The van der Waals surface area contributed by atoms with Crippen LogP contribution in [0, 0.1) is 6.92 Å². The quantitative estimate of drug-likeness (QED) is 0.186. The number of nitrogens with zero attached hydrogens (tertiary/aromatic N) is 2. The number of para-hydroxylation sites is 2. The maximum Gasteiger partial charge on any atom is 0.337 e. The van der Waals surface area contributed by atoms with Crippen LogP contribution in [0.5, 0.6) is 11.5 Å². The van der Waals surface area contributed by atoms with Crippen LogP contribution in [0.25, 0.3) is 16.6 Å². The van der Waals surface area contributed by atoms with Gasteiger partial charge >= 0.3 is 5.97 Å². The van der Waals surface area contributed by atoms with Crippen molar-refractivity contribution in [3.05, 3.63) is 150 Å². The number of hydrogen-bond acceptors (Lipinski definition) is 4. The molecule has 0 saturated carbocycles. The molecule has 7 heteroatoms. The van der Waals surface area contributed by atoms with Crippen molar-refractivity contribution >= 4 is 34.2 Å². The molecule has 7 nitrogen and oxygen atoms in total. The first-order valence-corrected chi connectivity index (χ1v) is 14.1. The molecule has 6 rings (SSSR count). The second kappa shape index (κ2) is 12.2. The van der Waals surface area contributed by atoms with E-state index in [1.165, 1.54) is 13.2 Å². The number of fused-ring (bicyclic) bond motifs is 1. The Morgan fingerprint density at radius 3 is 2.07 bits per heavy atom. The molecule has 0 radical (unpaired) electrons. The Balaban J connectivity index is 1.48. The zero-order chi connectivity index (χ0) is 30.6. The van der Waals surface area contributed by atoms with E-state index in [-0.39, 0.29) is 18.1 Å². The molecule has 1 N–H and O–H groups in total. The van der Waals surface area contributed by atoms with Gasteiger partial charge in [-0.2, -0.15) is 0 Å². The molecule has 0 unspecified atom stereocenters. The van der Waals surface area contributed by atoms with Crippen molar-refractivity contribution in [2.75, 3.05) is 12.0 Å². The standard InChI is InChI=1S/C37H30N2O5/c1-25-17-19-28(20-18-25)39(27-13-7-4-8-14-27)36(40)31-23-38(32-16-10-9-15-29(31)32)33-22-34(43-2)35(21-30(33)37(41)42)44-24-26-11-5-3-6-12-26/h3-23H,24H2,1-2H3,(H,41,42). The van der Waals surface area contributed by atoms with Gasteiger partial charge < -0.3 is 19.1 Å². The Hall–Kier alpha value is -5.82. The van der Waals surface area contributed by atoms with Crippen molar-refractivity contribution in [3.63, 3.8) is 0 Å². The molecular formula is C37H30N2O5. The van der Waals surface area contributed by atoms with E-state index in [0.717, 1.165) is 16.8 Å². The lowest BCUT2D eigenvalue weighted by molar-refractivity contribution is 0.0696. The molecule has 1 heterocycles. The van der Waals surface area contributed by atoms with Crippen LogP contribution in [0.3, 0.4) is 0 Å². The molecule has 0 fully saturated rings. The van der Waals surface area contributed by atoms with Gasteiger partial charge in [0.05, 0.1) is 29.4 Å². The number of methoxy groups -OCH3 is 1. The fourth-order valence-electron chi connectivity index (χ4n) is 5.25. The number of aromatic carboxylic acids is 1. The van der Waals surface area contributed by atoms with Gasteiger partial charge in [-0.3, -0.25) is 9.69 Å². The van der Waals surface area contributed by atoms with Crippen molar-refractivity contribution < 1.29 is 24.2 Å². The fraction of sp³-hybridized carbons (Fsp3) is 0.0811. The van der Waals surface area contributed by atoms with Gasteiger partial charge in [-0.15, -0.1) is 0 Å². The highest BCUT2D eigenvalue weighted by Gasteiger charge is 2.26.